The van der Waals surface area contributed by atoms with Crippen LogP contribution in [-0.4, -0.2) is 62.9 Å². The van der Waals surface area contributed by atoms with E-state index in [1.54, 1.807) is 7.11 Å². The Labute approximate surface area is 103 Å². The summed E-state index contributed by atoms with van der Waals surface area (Å²) < 4.78 is 26.0. The molecule has 0 fully saturated rings. The highest BCUT2D eigenvalue weighted by Crippen LogP contribution is 2.43. The number of hydrogen-bond acceptors (Lipinski definition) is 6. The Kier molecular flexibility index (Phi) is 14.2. The highest BCUT2D eigenvalue weighted by Gasteiger charge is 2.17. The van der Waals surface area contributed by atoms with E-state index in [-0.39, 0.29) is 32.3 Å². The zero-order valence-corrected chi connectivity index (χ0v) is 12.0. The molecule has 0 bridgehead atoms. The average Bonchev–Trinajstić information content (AvgIpc) is 2.18. The number of ether oxygens (including phenoxy) is 2. The van der Waals surface area contributed by atoms with Crippen molar-refractivity contribution in [3.63, 3.8) is 0 Å². The smallest absolute Gasteiger partial charge is 0.225 e. The molecule has 0 heterocycles. The second-order valence-electron chi connectivity index (χ2n) is 3.65. The van der Waals surface area contributed by atoms with Crippen LogP contribution in [0.4, 0.5) is 0 Å². The van der Waals surface area contributed by atoms with Gasteiger partial charge in [-0.2, -0.15) is 0 Å². The van der Waals surface area contributed by atoms with Crippen LogP contribution in [0.1, 0.15) is 13.8 Å². The van der Waals surface area contributed by atoms with Gasteiger partial charge in [-0.3, -0.25) is 4.57 Å². The molecule has 6 nitrogen and oxygen atoms in total. The lowest BCUT2D eigenvalue weighted by molar-refractivity contribution is 0.111. The number of hydrogen-bond donors (Lipinski definition) is 2. The minimum Gasteiger partial charge on any atom is -0.394 e. The standard InChI is InChI=1S/C7H17O4P.C3H8O2/c1-7(2)11-12(3,9)6-10-5-4-8;1-5-3-2-4/h7-8H,4-6H2,1-3H3;4H,2-3H2,1H3. The van der Waals surface area contributed by atoms with Gasteiger partial charge < -0.3 is 24.2 Å². The van der Waals surface area contributed by atoms with Gasteiger partial charge in [0.1, 0.15) is 6.35 Å². The van der Waals surface area contributed by atoms with Gasteiger partial charge >= 0.3 is 0 Å². The lowest BCUT2D eigenvalue weighted by Gasteiger charge is -2.16. The topological polar surface area (TPSA) is 85.2 Å². The highest BCUT2D eigenvalue weighted by atomic mass is 31.2. The Morgan fingerprint density at radius 2 is 1.71 bits per heavy atom. The van der Waals surface area contributed by atoms with Crippen LogP contribution in [0.5, 0.6) is 0 Å². The van der Waals surface area contributed by atoms with E-state index in [1.807, 2.05) is 13.8 Å². The molecule has 7 heteroatoms. The first-order valence-corrected chi connectivity index (χ1v) is 7.68. The number of aliphatic hydroxyl groups excluding tert-OH is 2. The van der Waals surface area contributed by atoms with Crippen LogP contribution in [0.2, 0.25) is 0 Å². The number of methoxy groups -OCH3 is 1. The van der Waals surface area contributed by atoms with Gasteiger partial charge in [0.05, 0.1) is 32.5 Å². The largest absolute Gasteiger partial charge is 0.394 e. The van der Waals surface area contributed by atoms with Crippen LogP contribution in [0.25, 0.3) is 0 Å². The molecule has 0 aromatic heterocycles. The fourth-order valence-electron chi connectivity index (χ4n) is 0.863. The molecule has 0 spiro atoms. The van der Waals surface area contributed by atoms with E-state index < -0.39 is 7.37 Å². The summed E-state index contributed by atoms with van der Waals surface area (Å²) in [7, 11) is -1.06. The zero-order chi connectivity index (χ0) is 13.7. The van der Waals surface area contributed by atoms with Crippen LogP contribution in [-0.2, 0) is 18.6 Å². The summed E-state index contributed by atoms with van der Waals surface area (Å²) in [6, 6.07) is 0. The van der Waals surface area contributed by atoms with Crippen molar-refractivity contribution >= 4 is 7.37 Å². The molecule has 0 radical (unpaired) electrons. The van der Waals surface area contributed by atoms with Crippen LogP contribution in [0.15, 0.2) is 0 Å². The van der Waals surface area contributed by atoms with E-state index in [0.717, 1.165) is 0 Å². The van der Waals surface area contributed by atoms with Crippen LogP contribution in [0, 0.1) is 0 Å². The fourth-order valence-corrected chi connectivity index (χ4v) is 2.28. The lowest BCUT2D eigenvalue weighted by Crippen LogP contribution is -2.06. The zero-order valence-electron chi connectivity index (χ0n) is 11.1. The molecule has 0 aromatic rings. The predicted octanol–water partition coefficient (Wildman–Crippen LogP) is 0.911. The Morgan fingerprint density at radius 3 is 2.00 bits per heavy atom. The molecule has 1 atom stereocenters. The summed E-state index contributed by atoms with van der Waals surface area (Å²) in [5.74, 6) is 0. The van der Waals surface area contributed by atoms with E-state index in [2.05, 4.69) is 4.74 Å². The van der Waals surface area contributed by atoms with Crippen molar-refractivity contribution in [1.82, 2.24) is 0 Å². The molecule has 0 rings (SSSR count). The Bertz CT molecular complexity index is 195. The van der Waals surface area contributed by atoms with E-state index >= 15 is 0 Å². The van der Waals surface area contributed by atoms with Gasteiger partial charge in [0, 0.05) is 13.8 Å². The minimum absolute atomic E-state index is 0.0539. The Morgan fingerprint density at radius 1 is 1.18 bits per heavy atom. The predicted molar refractivity (Wildman–Crippen MR) is 66.6 cm³/mol. The second kappa shape index (κ2) is 12.5. The maximum absolute atomic E-state index is 11.5. The molecular weight excluding hydrogens is 247 g/mol. The molecule has 1 unspecified atom stereocenters. The lowest BCUT2D eigenvalue weighted by atomic mass is 10.5. The third kappa shape index (κ3) is 18.6. The molecule has 0 aromatic carbocycles. The summed E-state index contributed by atoms with van der Waals surface area (Å²) in [5, 5.41) is 16.3. The van der Waals surface area contributed by atoms with Crippen molar-refractivity contribution in [3.05, 3.63) is 0 Å². The van der Waals surface area contributed by atoms with E-state index in [1.165, 1.54) is 6.66 Å². The molecule has 0 amide bonds. The molecule has 0 aliphatic heterocycles. The van der Waals surface area contributed by atoms with Gasteiger partial charge in [-0.15, -0.1) is 0 Å². The van der Waals surface area contributed by atoms with Crippen molar-refractivity contribution in [3.8, 4) is 0 Å². The van der Waals surface area contributed by atoms with Gasteiger partial charge in [-0.1, -0.05) is 0 Å². The van der Waals surface area contributed by atoms with E-state index in [9.17, 15) is 4.57 Å². The van der Waals surface area contributed by atoms with Gasteiger partial charge in [0.15, 0.2) is 0 Å². The molecule has 0 aliphatic rings. The normalized spacial score (nSPS) is 14.1. The minimum atomic E-state index is -2.61. The highest BCUT2D eigenvalue weighted by molar-refractivity contribution is 7.57. The van der Waals surface area contributed by atoms with Gasteiger partial charge in [0.2, 0.25) is 7.37 Å². The second-order valence-corrected chi connectivity index (χ2v) is 6.14. The summed E-state index contributed by atoms with van der Waals surface area (Å²) in [6.07, 6.45) is 0.0182. The van der Waals surface area contributed by atoms with Crippen molar-refractivity contribution < 1.29 is 28.8 Å². The Hall–Kier alpha value is 0.0300. The maximum Gasteiger partial charge on any atom is 0.225 e. The third-order valence-corrected chi connectivity index (χ3v) is 2.81. The number of rotatable bonds is 8. The first kappa shape index (κ1) is 19.4. The third-order valence-electron chi connectivity index (χ3n) is 1.29. The molecule has 2 N–H and O–H groups in total. The molecule has 106 valence electrons. The maximum atomic E-state index is 11.5. The van der Waals surface area contributed by atoms with Crippen molar-refractivity contribution in [1.29, 1.82) is 0 Å². The van der Waals surface area contributed by atoms with Crippen LogP contribution < -0.4 is 0 Å². The van der Waals surface area contributed by atoms with Gasteiger partial charge in [-0.25, -0.2) is 0 Å². The quantitative estimate of drug-likeness (QED) is 0.504. The molecule has 0 saturated heterocycles. The summed E-state index contributed by atoms with van der Waals surface area (Å²) >= 11 is 0. The summed E-state index contributed by atoms with van der Waals surface area (Å²) in [4.78, 5) is 0. The molecule has 17 heavy (non-hydrogen) atoms. The van der Waals surface area contributed by atoms with E-state index in [4.69, 9.17) is 19.5 Å². The van der Waals surface area contributed by atoms with Crippen molar-refractivity contribution in [2.45, 2.75) is 20.0 Å². The summed E-state index contributed by atoms with van der Waals surface area (Å²) in [5.41, 5.74) is 0. The fraction of sp³-hybridized carbons (Fsp3) is 1.00. The first-order valence-electron chi connectivity index (χ1n) is 5.43. The van der Waals surface area contributed by atoms with Gasteiger partial charge in [-0.05, 0) is 13.8 Å². The van der Waals surface area contributed by atoms with E-state index in [0.29, 0.717) is 6.61 Å². The molecular formula is C10H25O6P. The monoisotopic (exact) mass is 272 g/mol. The average molecular weight is 272 g/mol. The summed E-state index contributed by atoms with van der Waals surface area (Å²) in [6.45, 7) is 5.90. The molecule has 0 aliphatic carbocycles. The van der Waals surface area contributed by atoms with Crippen LogP contribution in [0.3, 0.4) is 0 Å². The molecule has 0 saturated carbocycles. The Balaban J connectivity index is 0. The van der Waals surface area contributed by atoms with Gasteiger partial charge in [0.25, 0.3) is 0 Å². The van der Waals surface area contributed by atoms with Crippen molar-refractivity contribution in [2.75, 3.05) is 46.6 Å². The van der Waals surface area contributed by atoms with Crippen LogP contribution >= 0.6 is 7.37 Å². The SMILES string of the molecule is CC(C)OP(C)(=O)COCCO.COCCO. The first-order chi connectivity index (χ1) is 7.89. The van der Waals surface area contributed by atoms with Crippen molar-refractivity contribution in [2.24, 2.45) is 0 Å². The number of aliphatic hydroxyl groups is 2.